The lowest BCUT2D eigenvalue weighted by Gasteiger charge is -2.30. The second-order valence-corrected chi connectivity index (χ2v) is 14.3. The van der Waals surface area contributed by atoms with E-state index in [1.807, 2.05) is 48.5 Å². The molecular weight excluding hydrogens is 611 g/mol. The number of anilines is 2. The Morgan fingerprint density at radius 2 is 1.68 bits per heavy atom. The molecule has 1 aliphatic heterocycles. The van der Waals surface area contributed by atoms with Crippen LogP contribution in [0.1, 0.15) is 50.6 Å². The second kappa shape index (κ2) is 13.5. The van der Waals surface area contributed by atoms with E-state index in [1.54, 1.807) is 24.7 Å². The minimum absolute atomic E-state index is 0.342. The van der Waals surface area contributed by atoms with Crippen LogP contribution in [0.2, 0.25) is 0 Å². The summed E-state index contributed by atoms with van der Waals surface area (Å²) in [5, 5.41) is 6.91. The van der Waals surface area contributed by atoms with Gasteiger partial charge in [-0.25, -0.2) is 18.4 Å². The third-order valence-electron chi connectivity index (χ3n) is 9.04. The number of hydrogen-bond acceptors (Lipinski definition) is 8. The zero-order valence-electron chi connectivity index (χ0n) is 26.0. The van der Waals surface area contributed by atoms with Crippen LogP contribution in [-0.2, 0) is 21.4 Å². The van der Waals surface area contributed by atoms with E-state index in [4.69, 9.17) is 9.97 Å². The summed E-state index contributed by atoms with van der Waals surface area (Å²) < 4.78 is 28.4. The Kier molecular flexibility index (Phi) is 8.90. The van der Waals surface area contributed by atoms with Crippen molar-refractivity contribution in [3.63, 3.8) is 0 Å². The Hall–Kier alpha value is -4.74. The Balaban J connectivity index is 1.19. The van der Waals surface area contributed by atoms with Crippen LogP contribution in [0.5, 0.6) is 0 Å². The van der Waals surface area contributed by atoms with Crippen LogP contribution in [0.3, 0.4) is 0 Å². The minimum Gasteiger partial charge on any atom is -0.364 e. The second-order valence-electron chi connectivity index (χ2n) is 12.2. The maximum absolute atomic E-state index is 13.5. The zero-order valence-corrected chi connectivity index (χ0v) is 26.9. The van der Waals surface area contributed by atoms with E-state index in [-0.39, 0.29) is 5.91 Å². The van der Waals surface area contributed by atoms with Crippen molar-refractivity contribution in [2.75, 3.05) is 17.2 Å². The summed E-state index contributed by atoms with van der Waals surface area (Å²) in [4.78, 5) is 32.3. The van der Waals surface area contributed by atoms with Gasteiger partial charge in [-0.1, -0.05) is 67.8 Å². The fourth-order valence-electron chi connectivity index (χ4n) is 6.69. The van der Waals surface area contributed by atoms with E-state index in [1.165, 1.54) is 4.31 Å². The Morgan fingerprint density at radius 3 is 2.49 bits per heavy atom. The first-order valence-electron chi connectivity index (χ1n) is 16.2. The van der Waals surface area contributed by atoms with E-state index < -0.39 is 21.3 Å². The lowest BCUT2D eigenvalue weighted by atomic mass is 10.0. The molecule has 1 atom stereocenters. The summed E-state index contributed by atoms with van der Waals surface area (Å²) in [5.74, 6) is 0.752. The molecule has 4 heterocycles. The summed E-state index contributed by atoms with van der Waals surface area (Å²) in [6.45, 7) is 0.838. The summed E-state index contributed by atoms with van der Waals surface area (Å²) in [6.07, 6.45) is 10.4. The number of hydrogen-bond donors (Lipinski definition) is 2. The van der Waals surface area contributed by atoms with E-state index >= 15 is 0 Å². The lowest BCUT2D eigenvalue weighted by molar-refractivity contribution is -0.119. The van der Waals surface area contributed by atoms with Gasteiger partial charge in [-0.15, -0.1) is 0 Å². The number of fused-ring (bicyclic) bond motifs is 1. The van der Waals surface area contributed by atoms with Gasteiger partial charge in [-0.2, -0.15) is 4.31 Å². The molecule has 1 saturated heterocycles. The predicted molar refractivity (Wildman–Crippen MR) is 184 cm³/mol. The molecule has 1 aliphatic carbocycles. The van der Waals surface area contributed by atoms with Gasteiger partial charge in [0.1, 0.15) is 11.9 Å². The number of carbonyl (C=O) groups is 1. The van der Waals surface area contributed by atoms with Crippen molar-refractivity contribution in [3.8, 4) is 22.5 Å². The number of rotatable bonds is 9. The van der Waals surface area contributed by atoms with Gasteiger partial charge >= 0.3 is 0 Å². The molecule has 240 valence electrons. The average molecular weight is 648 g/mol. The number of pyridine rings is 2. The molecule has 7 rings (SSSR count). The van der Waals surface area contributed by atoms with Gasteiger partial charge < -0.3 is 10.6 Å². The van der Waals surface area contributed by atoms with Gasteiger partial charge in [-0.3, -0.25) is 14.8 Å². The molecule has 0 bridgehead atoms. The quantitative estimate of drug-likeness (QED) is 0.187. The lowest BCUT2D eigenvalue weighted by Crippen LogP contribution is -2.47. The van der Waals surface area contributed by atoms with Crippen molar-refractivity contribution in [1.82, 2.24) is 24.2 Å². The molecule has 11 heteroatoms. The summed E-state index contributed by atoms with van der Waals surface area (Å²) in [7, 11) is -3.55. The molecule has 47 heavy (non-hydrogen) atoms. The van der Waals surface area contributed by atoms with Gasteiger partial charge in [0.2, 0.25) is 15.9 Å². The molecule has 1 saturated carbocycles. The third-order valence-corrected chi connectivity index (χ3v) is 11.4. The first kappa shape index (κ1) is 30.9. The SMILES string of the molecule is O=C(Nc1cncc(-c2nc(NCc3ccccn3)c3c(-c4ccccc4)cccc3n2)c1)[C@@H]1CCCN1S(=O)(=O)C1CCCCC1. The number of carbonyl (C=O) groups excluding carboxylic acids is 1. The molecular formula is C36H37N7O3S. The van der Waals surface area contributed by atoms with E-state index in [0.29, 0.717) is 61.7 Å². The highest BCUT2D eigenvalue weighted by atomic mass is 32.2. The number of nitrogens with one attached hydrogen (secondary N) is 2. The van der Waals surface area contributed by atoms with E-state index in [2.05, 4.69) is 38.8 Å². The van der Waals surface area contributed by atoms with E-state index in [9.17, 15) is 13.2 Å². The number of sulfonamides is 1. The average Bonchev–Trinajstić information content (AvgIpc) is 3.63. The van der Waals surface area contributed by atoms with Crippen LogP contribution in [0.15, 0.2) is 91.4 Å². The molecule has 2 aromatic carbocycles. The highest BCUT2D eigenvalue weighted by Gasteiger charge is 2.42. The third kappa shape index (κ3) is 6.59. The normalized spacial score (nSPS) is 17.5. The smallest absolute Gasteiger partial charge is 0.242 e. The van der Waals surface area contributed by atoms with Crippen molar-refractivity contribution in [3.05, 3.63) is 97.1 Å². The standard InChI is InChI=1S/C36H37N7O3S/c44-36(32-18-10-20-43(32)47(45,46)29-14-5-2-6-15-29)40-28-21-26(22-37-23-28)34-41-31-17-9-16-30(25-11-3-1-4-12-25)33(31)35(42-34)39-24-27-13-7-8-19-38-27/h1,3-4,7-9,11-13,16-17,19,21-23,29,32H,2,5-6,10,14-15,18,20,24H2,(H,40,44)(H,39,41,42)/t32-/m0/s1. The fourth-order valence-corrected chi connectivity index (χ4v) is 8.94. The highest BCUT2D eigenvalue weighted by Crippen LogP contribution is 2.35. The van der Waals surface area contributed by atoms with Gasteiger partial charge in [0.05, 0.1) is 40.3 Å². The fraction of sp³-hybridized carbons (Fsp3) is 0.306. The number of benzene rings is 2. The van der Waals surface area contributed by atoms with Crippen molar-refractivity contribution >= 4 is 38.3 Å². The molecule has 2 aliphatic rings. The topological polar surface area (TPSA) is 130 Å². The molecule has 2 N–H and O–H groups in total. The van der Waals surface area contributed by atoms with Gasteiger partial charge in [0, 0.05) is 24.5 Å². The molecule has 10 nitrogen and oxygen atoms in total. The van der Waals surface area contributed by atoms with Crippen molar-refractivity contribution in [1.29, 1.82) is 0 Å². The van der Waals surface area contributed by atoms with Crippen LogP contribution in [0.4, 0.5) is 11.5 Å². The minimum atomic E-state index is -3.55. The van der Waals surface area contributed by atoms with Crippen LogP contribution < -0.4 is 10.6 Å². The number of nitrogens with zero attached hydrogens (tertiary/aromatic N) is 5. The summed E-state index contributed by atoms with van der Waals surface area (Å²) >= 11 is 0. The molecule has 2 fully saturated rings. The van der Waals surface area contributed by atoms with Crippen LogP contribution in [0, 0.1) is 0 Å². The monoisotopic (exact) mass is 647 g/mol. The van der Waals surface area contributed by atoms with Crippen molar-refractivity contribution in [2.45, 2.75) is 62.8 Å². The van der Waals surface area contributed by atoms with Gasteiger partial charge in [0.15, 0.2) is 5.82 Å². The van der Waals surface area contributed by atoms with E-state index in [0.717, 1.165) is 47.0 Å². The largest absolute Gasteiger partial charge is 0.364 e. The Labute approximate surface area is 274 Å². The number of aromatic nitrogens is 4. The molecule has 3 aromatic heterocycles. The molecule has 5 aromatic rings. The van der Waals surface area contributed by atoms with Crippen molar-refractivity contribution < 1.29 is 13.2 Å². The highest BCUT2D eigenvalue weighted by molar-refractivity contribution is 7.89. The maximum Gasteiger partial charge on any atom is 0.242 e. The Bertz CT molecular complexity index is 1980. The van der Waals surface area contributed by atoms with Gasteiger partial charge in [0.25, 0.3) is 0 Å². The summed E-state index contributed by atoms with van der Waals surface area (Å²) in [5.41, 5.74) is 4.75. The predicted octanol–water partition coefficient (Wildman–Crippen LogP) is 6.43. The summed E-state index contributed by atoms with van der Waals surface area (Å²) in [6, 6.07) is 23.0. The van der Waals surface area contributed by atoms with Crippen LogP contribution in [-0.4, -0.2) is 56.4 Å². The first-order chi connectivity index (χ1) is 23.0. The Morgan fingerprint density at radius 1 is 0.851 bits per heavy atom. The zero-order chi connectivity index (χ0) is 32.2. The van der Waals surface area contributed by atoms with Crippen LogP contribution in [0.25, 0.3) is 33.4 Å². The molecule has 0 radical (unpaired) electrons. The van der Waals surface area contributed by atoms with Gasteiger partial charge in [-0.05, 0) is 61.1 Å². The number of amides is 1. The first-order valence-corrected chi connectivity index (χ1v) is 17.7. The molecule has 0 spiro atoms. The molecule has 0 unspecified atom stereocenters. The van der Waals surface area contributed by atoms with Crippen molar-refractivity contribution in [2.24, 2.45) is 0 Å². The maximum atomic E-state index is 13.5. The molecule has 1 amide bonds. The van der Waals surface area contributed by atoms with Crippen LogP contribution >= 0.6 is 0 Å².